The highest BCUT2D eigenvalue weighted by Crippen LogP contribution is 2.33. The van der Waals surface area contributed by atoms with E-state index in [0.717, 1.165) is 22.4 Å². The Balaban J connectivity index is 2.26. The first-order valence-corrected chi connectivity index (χ1v) is 7.67. The monoisotopic (exact) mass is 333 g/mol. The average molecular weight is 334 g/mol. The van der Waals surface area contributed by atoms with Gasteiger partial charge in [0, 0.05) is 6.04 Å². The Kier molecular flexibility index (Phi) is 5.21. The van der Waals surface area contributed by atoms with Gasteiger partial charge in [0.1, 0.15) is 11.5 Å². The van der Waals surface area contributed by atoms with Gasteiger partial charge in [-0.2, -0.15) is 0 Å². The maximum atomic E-state index is 6.03. The Bertz CT molecular complexity index is 583. The molecular weight excluding hydrogens is 314 g/mol. The fourth-order valence-corrected chi connectivity index (χ4v) is 2.53. The van der Waals surface area contributed by atoms with E-state index in [0.29, 0.717) is 6.04 Å². The van der Waals surface area contributed by atoms with Gasteiger partial charge in [-0.25, -0.2) is 0 Å². The average Bonchev–Trinajstić information content (AvgIpc) is 2.49. The molecule has 0 amide bonds. The Morgan fingerprint density at radius 1 is 1.15 bits per heavy atom. The second-order valence-corrected chi connectivity index (χ2v) is 5.62. The first kappa shape index (κ1) is 15.1. The highest BCUT2D eigenvalue weighted by molar-refractivity contribution is 9.10. The number of ether oxygens (including phenoxy) is 1. The molecule has 1 atom stereocenters. The molecule has 0 radical (unpaired) electrons. The maximum Gasteiger partial charge on any atom is 0.141 e. The van der Waals surface area contributed by atoms with E-state index in [9.17, 15) is 0 Å². The van der Waals surface area contributed by atoms with Gasteiger partial charge in [-0.05, 0) is 65.6 Å². The number of rotatable bonds is 5. The van der Waals surface area contributed by atoms with Crippen LogP contribution in [0.4, 0.5) is 0 Å². The van der Waals surface area contributed by atoms with Gasteiger partial charge in [0.05, 0.1) is 4.47 Å². The smallest absolute Gasteiger partial charge is 0.141 e. The Morgan fingerprint density at radius 2 is 1.90 bits per heavy atom. The molecule has 0 bridgehead atoms. The van der Waals surface area contributed by atoms with Crippen molar-refractivity contribution in [3.05, 3.63) is 58.1 Å². The van der Waals surface area contributed by atoms with Crippen LogP contribution >= 0.6 is 15.9 Å². The van der Waals surface area contributed by atoms with Crippen molar-refractivity contribution in [1.29, 1.82) is 0 Å². The van der Waals surface area contributed by atoms with E-state index in [1.165, 1.54) is 11.1 Å². The summed E-state index contributed by atoms with van der Waals surface area (Å²) in [4.78, 5) is 0. The van der Waals surface area contributed by atoms with Crippen LogP contribution in [0.1, 0.15) is 31.0 Å². The van der Waals surface area contributed by atoms with Gasteiger partial charge >= 0.3 is 0 Å². The van der Waals surface area contributed by atoms with Gasteiger partial charge in [-0.15, -0.1) is 0 Å². The zero-order chi connectivity index (χ0) is 14.5. The van der Waals surface area contributed by atoms with Gasteiger partial charge in [0.2, 0.25) is 0 Å². The van der Waals surface area contributed by atoms with Crippen molar-refractivity contribution in [2.24, 2.45) is 0 Å². The fourth-order valence-electron chi connectivity index (χ4n) is 2.05. The van der Waals surface area contributed by atoms with Gasteiger partial charge in [0.15, 0.2) is 0 Å². The molecule has 0 aromatic heterocycles. The summed E-state index contributed by atoms with van der Waals surface area (Å²) in [5, 5.41) is 3.23. The predicted molar refractivity (Wildman–Crippen MR) is 87.5 cm³/mol. The van der Waals surface area contributed by atoms with Crippen LogP contribution in [0.2, 0.25) is 0 Å². The summed E-state index contributed by atoms with van der Waals surface area (Å²) < 4.78 is 7.01. The van der Waals surface area contributed by atoms with Crippen molar-refractivity contribution in [2.45, 2.75) is 26.3 Å². The van der Waals surface area contributed by atoms with Crippen LogP contribution in [-0.2, 0) is 6.42 Å². The van der Waals surface area contributed by atoms with E-state index in [2.05, 4.69) is 53.3 Å². The first-order valence-electron chi connectivity index (χ1n) is 6.88. The molecule has 1 unspecified atom stereocenters. The van der Waals surface area contributed by atoms with Crippen LogP contribution in [0.3, 0.4) is 0 Å². The molecular formula is C17H20BrNO. The SMILES string of the molecule is CCc1ccccc1Oc1ccc(C(C)NC)cc1Br. The summed E-state index contributed by atoms with van der Waals surface area (Å²) in [5.74, 6) is 1.77. The Hall–Kier alpha value is -1.32. The first-order chi connectivity index (χ1) is 9.65. The third-order valence-electron chi connectivity index (χ3n) is 3.46. The van der Waals surface area contributed by atoms with E-state index >= 15 is 0 Å². The number of para-hydroxylation sites is 1. The Labute approximate surface area is 129 Å². The highest BCUT2D eigenvalue weighted by atomic mass is 79.9. The van der Waals surface area contributed by atoms with Crippen LogP contribution < -0.4 is 10.1 Å². The molecule has 0 fully saturated rings. The number of benzene rings is 2. The minimum Gasteiger partial charge on any atom is -0.456 e. The number of nitrogens with one attached hydrogen (secondary N) is 1. The van der Waals surface area contributed by atoms with Crippen LogP contribution in [0.15, 0.2) is 46.9 Å². The standard InChI is InChI=1S/C17H20BrNO/c1-4-13-7-5-6-8-16(13)20-17-10-9-14(11-15(17)18)12(2)19-3/h5-12,19H,4H2,1-3H3. The molecule has 0 aliphatic rings. The lowest BCUT2D eigenvalue weighted by atomic mass is 10.1. The topological polar surface area (TPSA) is 21.3 Å². The minimum atomic E-state index is 0.322. The van der Waals surface area contributed by atoms with Crippen molar-refractivity contribution in [3.8, 4) is 11.5 Å². The molecule has 20 heavy (non-hydrogen) atoms. The van der Waals surface area contributed by atoms with Gasteiger partial charge in [-0.3, -0.25) is 0 Å². The van der Waals surface area contributed by atoms with E-state index < -0.39 is 0 Å². The van der Waals surface area contributed by atoms with Crippen molar-refractivity contribution < 1.29 is 4.74 Å². The summed E-state index contributed by atoms with van der Waals surface area (Å²) in [5.41, 5.74) is 2.45. The van der Waals surface area contributed by atoms with E-state index in [1.54, 1.807) is 0 Å². The number of hydrogen-bond donors (Lipinski definition) is 1. The number of halogens is 1. The largest absolute Gasteiger partial charge is 0.456 e. The van der Waals surface area contributed by atoms with Crippen molar-refractivity contribution >= 4 is 15.9 Å². The highest BCUT2D eigenvalue weighted by Gasteiger charge is 2.09. The van der Waals surface area contributed by atoms with Crippen LogP contribution in [0, 0.1) is 0 Å². The summed E-state index contributed by atoms with van der Waals surface area (Å²) in [6, 6.07) is 14.7. The molecule has 2 rings (SSSR count). The maximum absolute atomic E-state index is 6.03. The number of hydrogen-bond acceptors (Lipinski definition) is 2. The second kappa shape index (κ2) is 6.91. The van der Waals surface area contributed by atoms with Crippen molar-refractivity contribution in [2.75, 3.05) is 7.05 Å². The predicted octanol–water partition coefficient (Wildman–Crippen LogP) is 5.08. The molecule has 0 aliphatic heterocycles. The molecule has 0 saturated heterocycles. The van der Waals surface area contributed by atoms with Crippen LogP contribution in [-0.4, -0.2) is 7.05 Å². The Morgan fingerprint density at radius 3 is 2.55 bits per heavy atom. The quantitative estimate of drug-likeness (QED) is 0.823. The zero-order valence-electron chi connectivity index (χ0n) is 12.1. The molecule has 0 aliphatic carbocycles. The van der Waals surface area contributed by atoms with E-state index in [4.69, 9.17) is 4.74 Å². The molecule has 0 spiro atoms. The number of aryl methyl sites for hydroxylation is 1. The summed E-state index contributed by atoms with van der Waals surface area (Å²) in [6.45, 7) is 4.27. The second-order valence-electron chi connectivity index (χ2n) is 4.76. The van der Waals surface area contributed by atoms with Crippen molar-refractivity contribution in [1.82, 2.24) is 5.32 Å². The fraction of sp³-hybridized carbons (Fsp3) is 0.294. The molecule has 0 saturated carbocycles. The van der Waals surface area contributed by atoms with Gasteiger partial charge in [0.25, 0.3) is 0 Å². The molecule has 2 aromatic carbocycles. The lowest BCUT2D eigenvalue weighted by Crippen LogP contribution is -2.12. The molecule has 106 valence electrons. The van der Waals surface area contributed by atoms with Crippen LogP contribution in [0.5, 0.6) is 11.5 Å². The van der Waals surface area contributed by atoms with Crippen LogP contribution in [0.25, 0.3) is 0 Å². The third-order valence-corrected chi connectivity index (χ3v) is 4.08. The summed E-state index contributed by atoms with van der Waals surface area (Å²) >= 11 is 3.60. The normalized spacial score (nSPS) is 12.2. The summed E-state index contributed by atoms with van der Waals surface area (Å²) in [6.07, 6.45) is 0.961. The lowest BCUT2D eigenvalue weighted by Gasteiger charge is -2.15. The van der Waals surface area contributed by atoms with E-state index in [-0.39, 0.29) is 0 Å². The zero-order valence-corrected chi connectivity index (χ0v) is 13.7. The third kappa shape index (κ3) is 3.41. The summed E-state index contributed by atoms with van der Waals surface area (Å²) in [7, 11) is 1.96. The minimum absolute atomic E-state index is 0.322. The van der Waals surface area contributed by atoms with E-state index in [1.807, 2.05) is 31.3 Å². The molecule has 3 heteroatoms. The molecule has 0 heterocycles. The van der Waals surface area contributed by atoms with Crippen molar-refractivity contribution in [3.63, 3.8) is 0 Å². The van der Waals surface area contributed by atoms with Gasteiger partial charge < -0.3 is 10.1 Å². The molecule has 2 nitrogen and oxygen atoms in total. The molecule has 2 aromatic rings. The molecule has 1 N–H and O–H groups in total. The lowest BCUT2D eigenvalue weighted by molar-refractivity contribution is 0.473. The van der Waals surface area contributed by atoms with Gasteiger partial charge in [-0.1, -0.05) is 31.2 Å².